The summed E-state index contributed by atoms with van der Waals surface area (Å²) in [5.74, 6) is -1.30. The maximum atomic E-state index is 11.2. The Morgan fingerprint density at radius 3 is 2.00 bits per heavy atom. The first-order valence-electron chi connectivity index (χ1n) is 3.72. The second-order valence-electron chi connectivity index (χ2n) is 3.42. The molecule has 4 nitrogen and oxygen atoms in total. The number of alkyl halides is 1. The fourth-order valence-electron chi connectivity index (χ4n) is 0.553. The van der Waals surface area contributed by atoms with E-state index in [4.69, 9.17) is 4.74 Å². The first-order chi connectivity index (χ1) is 5.78. The van der Waals surface area contributed by atoms with Crippen molar-refractivity contribution in [2.45, 2.75) is 31.2 Å². The molecule has 0 saturated heterocycles. The second-order valence-corrected chi connectivity index (χ2v) is 4.33. The van der Waals surface area contributed by atoms with Crippen LogP contribution in [0.1, 0.15) is 20.8 Å². The molecule has 0 amide bonds. The lowest BCUT2D eigenvalue weighted by molar-refractivity contribution is -0.159. The fraction of sp³-hybridized carbons (Fsp3) is 0.750. The van der Waals surface area contributed by atoms with Gasteiger partial charge in [0.2, 0.25) is 4.83 Å². The van der Waals surface area contributed by atoms with Gasteiger partial charge < -0.3 is 9.47 Å². The number of carbonyl (C=O) groups is 2. The summed E-state index contributed by atoms with van der Waals surface area (Å²) >= 11 is 2.87. The summed E-state index contributed by atoms with van der Waals surface area (Å²) < 4.78 is 9.30. The minimum atomic E-state index is -1.04. The number of esters is 2. The average molecular weight is 253 g/mol. The third-order valence-electron chi connectivity index (χ3n) is 1.02. The van der Waals surface area contributed by atoms with Gasteiger partial charge in [-0.1, -0.05) is 15.9 Å². The van der Waals surface area contributed by atoms with E-state index in [9.17, 15) is 9.59 Å². The molecule has 0 rings (SSSR count). The van der Waals surface area contributed by atoms with Crippen LogP contribution in [0.2, 0.25) is 0 Å². The van der Waals surface area contributed by atoms with Crippen LogP contribution in [-0.4, -0.2) is 29.5 Å². The van der Waals surface area contributed by atoms with Crippen LogP contribution in [0.5, 0.6) is 0 Å². The SMILES string of the molecule is COC(=O)C(Br)C(=O)OC(C)(C)C. The maximum absolute atomic E-state index is 11.2. The molecule has 0 heterocycles. The third kappa shape index (κ3) is 4.87. The van der Waals surface area contributed by atoms with Crippen molar-refractivity contribution in [3.05, 3.63) is 0 Å². The van der Waals surface area contributed by atoms with E-state index >= 15 is 0 Å². The highest BCUT2D eigenvalue weighted by molar-refractivity contribution is 9.10. The van der Waals surface area contributed by atoms with Crippen LogP contribution in [0.4, 0.5) is 0 Å². The van der Waals surface area contributed by atoms with Gasteiger partial charge in [-0.25, -0.2) is 0 Å². The van der Waals surface area contributed by atoms with Gasteiger partial charge in [0, 0.05) is 0 Å². The van der Waals surface area contributed by atoms with E-state index in [1.165, 1.54) is 7.11 Å². The molecule has 0 aliphatic heterocycles. The van der Waals surface area contributed by atoms with Crippen molar-refractivity contribution in [2.75, 3.05) is 7.11 Å². The molecule has 0 aromatic carbocycles. The van der Waals surface area contributed by atoms with Crippen molar-refractivity contribution in [1.29, 1.82) is 0 Å². The molecule has 0 saturated carbocycles. The van der Waals surface area contributed by atoms with Gasteiger partial charge in [0.25, 0.3) is 0 Å². The Hall–Kier alpha value is -0.580. The highest BCUT2D eigenvalue weighted by Crippen LogP contribution is 2.12. The van der Waals surface area contributed by atoms with Crippen molar-refractivity contribution in [3.8, 4) is 0 Å². The molecular weight excluding hydrogens is 240 g/mol. The number of halogens is 1. The predicted octanol–water partition coefficient (Wildman–Crippen LogP) is 1.26. The van der Waals surface area contributed by atoms with Gasteiger partial charge in [-0.2, -0.15) is 0 Å². The molecule has 13 heavy (non-hydrogen) atoms. The van der Waals surface area contributed by atoms with E-state index < -0.39 is 22.4 Å². The van der Waals surface area contributed by atoms with Gasteiger partial charge in [-0.15, -0.1) is 0 Å². The minimum Gasteiger partial charge on any atom is -0.468 e. The second kappa shape index (κ2) is 4.60. The van der Waals surface area contributed by atoms with Crippen LogP contribution >= 0.6 is 15.9 Å². The number of hydrogen-bond acceptors (Lipinski definition) is 4. The highest BCUT2D eigenvalue weighted by atomic mass is 79.9. The van der Waals surface area contributed by atoms with Crippen molar-refractivity contribution < 1.29 is 19.1 Å². The van der Waals surface area contributed by atoms with Gasteiger partial charge in [0.15, 0.2) is 0 Å². The van der Waals surface area contributed by atoms with E-state index in [2.05, 4.69) is 20.7 Å². The van der Waals surface area contributed by atoms with Crippen LogP contribution in [0, 0.1) is 0 Å². The first kappa shape index (κ1) is 12.4. The van der Waals surface area contributed by atoms with Gasteiger partial charge in [0.05, 0.1) is 7.11 Å². The Morgan fingerprint density at radius 2 is 1.69 bits per heavy atom. The van der Waals surface area contributed by atoms with Gasteiger partial charge >= 0.3 is 11.9 Å². The molecule has 0 spiro atoms. The summed E-state index contributed by atoms with van der Waals surface area (Å²) in [6, 6.07) is 0. The number of hydrogen-bond donors (Lipinski definition) is 0. The van der Waals surface area contributed by atoms with E-state index in [1.54, 1.807) is 20.8 Å². The van der Waals surface area contributed by atoms with E-state index in [-0.39, 0.29) is 0 Å². The summed E-state index contributed by atoms with van der Waals surface area (Å²) in [4.78, 5) is 21.0. The Morgan fingerprint density at radius 1 is 1.23 bits per heavy atom. The van der Waals surface area contributed by atoms with Gasteiger partial charge in [0.1, 0.15) is 5.60 Å². The predicted molar refractivity (Wildman–Crippen MR) is 50.6 cm³/mol. The van der Waals surface area contributed by atoms with Crippen LogP contribution in [0.15, 0.2) is 0 Å². The van der Waals surface area contributed by atoms with Crippen molar-refractivity contribution >= 4 is 27.9 Å². The standard InChI is InChI=1S/C8H13BrO4/c1-8(2,3)13-7(11)5(9)6(10)12-4/h5H,1-4H3. The molecule has 0 radical (unpaired) electrons. The summed E-state index contributed by atoms with van der Waals surface area (Å²) in [6.07, 6.45) is 0. The Labute approximate surface area is 85.7 Å². The molecule has 0 aliphatic rings. The van der Waals surface area contributed by atoms with E-state index in [1.807, 2.05) is 0 Å². The van der Waals surface area contributed by atoms with Crippen molar-refractivity contribution in [3.63, 3.8) is 0 Å². The van der Waals surface area contributed by atoms with E-state index in [0.717, 1.165) is 0 Å². The summed E-state index contributed by atoms with van der Waals surface area (Å²) in [7, 11) is 1.21. The molecular formula is C8H13BrO4. The molecule has 5 heteroatoms. The molecule has 0 N–H and O–H groups in total. The number of ether oxygens (including phenoxy) is 2. The molecule has 1 unspecified atom stereocenters. The summed E-state index contributed by atoms with van der Waals surface area (Å²) in [6.45, 7) is 5.17. The topological polar surface area (TPSA) is 52.6 Å². The van der Waals surface area contributed by atoms with Crippen molar-refractivity contribution in [2.24, 2.45) is 0 Å². The number of methoxy groups -OCH3 is 1. The zero-order valence-corrected chi connectivity index (χ0v) is 9.67. The van der Waals surface area contributed by atoms with Crippen LogP contribution in [0.3, 0.4) is 0 Å². The third-order valence-corrected chi connectivity index (χ3v) is 1.77. The normalized spacial score (nSPS) is 13.3. The van der Waals surface area contributed by atoms with Gasteiger partial charge in [-0.3, -0.25) is 9.59 Å². The monoisotopic (exact) mass is 252 g/mol. The summed E-state index contributed by atoms with van der Waals surface area (Å²) in [5.41, 5.74) is -0.600. The molecule has 0 bridgehead atoms. The van der Waals surface area contributed by atoms with Crippen molar-refractivity contribution in [1.82, 2.24) is 0 Å². The first-order valence-corrected chi connectivity index (χ1v) is 4.64. The lowest BCUT2D eigenvalue weighted by Gasteiger charge is -2.20. The fourth-order valence-corrected chi connectivity index (χ4v) is 0.834. The Balaban J connectivity index is 4.20. The smallest absolute Gasteiger partial charge is 0.331 e. The van der Waals surface area contributed by atoms with Crippen LogP contribution in [0.25, 0.3) is 0 Å². The molecule has 76 valence electrons. The van der Waals surface area contributed by atoms with Crippen LogP contribution < -0.4 is 0 Å². The zero-order valence-electron chi connectivity index (χ0n) is 8.09. The molecule has 0 aromatic heterocycles. The highest BCUT2D eigenvalue weighted by Gasteiger charge is 2.29. The number of carbonyl (C=O) groups excluding carboxylic acids is 2. The molecule has 0 aromatic rings. The number of rotatable bonds is 2. The van der Waals surface area contributed by atoms with E-state index in [0.29, 0.717) is 0 Å². The van der Waals surface area contributed by atoms with Crippen LogP contribution in [-0.2, 0) is 19.1 Å². The quantitative estimate of drug-likeness (QED) is 0.422. The largest absolute Gasteiger partial charge is 0.468 e. The maximum Gasteiger partial charge on any atom is 0.331 e. The Bertz CT molecular complexity index is 207. The molecule has 0 aliphatic carbocycles. The molecule has 0 fully saturated rings. The Kier molecular flexibility index (Phi) is 4.39. The molecule has 1 atom stereocenters. The zero-order chi connectivity index (χ0) is 10.6. The lowest BCUT2D eigenvalue weighted by Crippen LogP contribution is -2.33. The minimum absolute atomic E-state index is 0.600. The van der Waals surface area contributed by atoms with Gasteiger partial charge in [-0.05, 0) is 20.8 Å². The average Bonchev–Trinajstić information content (AvgIpc) is 1.98. The lowest BCUT2D eigenvalue weighted by atomic mass is 10.2. The summed E-state index contributed by atoms with van der Waals surface area (Å²) in [5, 5.41) is 0.